The Labute approximate surface area is 172 Å². The van der Waals surface area contributed by atoms with Crippen LogP contribution in [0.25, 0.3) is 16.6 Å². The van der Waals surface area contributed by atoms with Gasteiger partial charge in [0.1, 0.15) is 17.1 Å². The average molecular weight is 401 g/mol. The van der Waals surface area contributed by atoms with Crippen LogP contribution in [0.4, 0.5) is 5.95 Å². The molecule has 1 aromatic carbocycles. The maximum atomic E-state index is 12.8. The first-order chi connectivity index (χ1) is 14.7. The quantitative estimate of drug-likeness (QED) is 0.496. The molecule has 0 fully saturated rings. The lowest BCUT2D eigenvalue weighted by Gasteiger charge is -2.11. The Bertz CT molecular complexity index is 1340. The van der Waals surface area contributed by atoms with Crippen LogP contribution in [0.2, 0.25) is 0 Å². The van der Waals surface area contributed by atoms with Crippen LogP contribution in [-0.4, -0.2) is 35.1 Å². The molecule has 0 spiro atoms. The smallest absolute Gasteiger partial charge is 0.226 e. The summed E-state index contributed by atoms with van der Waals surface area (Å²) in [5.41, 5.74) is 2.02. The molecule has 0 aliphatic carbocycles. The Balaban J connectivity index is 1.60. The van der Waals surface area contributed by atoms with Crippen molar-refractivity contribution < 1.29 is 9.47 Å². The maximum absolute atomic E-state index is 12.8. The highest BCUT2D eigenvalue weighted by molar-refractivity contribution is 5.82. The number of ether oxygens (including phenoxy) is 2. The standard InChI is InChI=1S/C22H19N5O3/c1-29-18-7-6-14(11-19(18)30-2)8-9-24-22-25-13-17-20(26-22)21(28)15(12-23)16-5-3-4-10-27(16)17/h3-7,10-11,13H,8-9H2,1-2H3,(H,24,25,26). The molecule has 0 bridgehead atoms. The van der Waals surface area contributed by atoms with E-state index in [0.29, 0.717) is 41.4 Å². The van der Waals surface area contributed by atoms with Crippen LogP contribution >= 0.6 is 0 Å². The summed E-state index contributed by atoms with van der Waals surface area (Å²) in [6.45, 7) is 0.557. The first kappa shape index (κ1) is 19.2. The molecule has 0 amide bonds. The highest BCUT2D eigenvalue weighted by atomic mass is 16.5. The number of benzene rings is 1. The molecule has 0 aliphatic rings. The van der Waals surface area contributed by atoms with Crippen molar-refractivity contribution in [3.05, 3.63) is 70.1 Å². The van der Waals surface area contributed by atoms with E-state index in [0.717, 1.165) is 5.56 Å². The fourth-order valence-electron chi connectivity index (χ4n) is 3.36. The molecule has 0 saturated heterocycles. The molecule has 4 rings (SSSR count). The third-order valence-corrected chi connectivity index (χ3v) is 4.84. The van der Waals surface area contributed by atoms with Gasteiger partial charge in [-0.3, -0.25) is 4.79 Å². The Morgan fingerprint density at radius 2 is 1.97 bits per heavy atom. The molecule has 8 heteroatoms. The summed E-state index contributed by atoms with van der Waals surface area (Å²) >= 11 is 0. The average Bonchev–Trinajstić information content (AvgIpc) is 2.79. The molecule has 3 heterocycles. The van der Waals surface area contributed by atoms with Crippen LogP contribution < -0.4 is 20.2 Å². The number of nitrogens with zero attached hydrogens (tertiary/aromatic N) is 4. The molecule has 0 aliphatic heterocycles. The van der Waals surface area contributed by atoms with Gasteiger partial charge in [0.25, 0.3) is 0 Å². The molecular formula is C22H19N5O3. The fourth-order valence-corrected chi connectivity index (χ4v) is 3.36. The zero-order valence-electron chi connectivity index (χ0n) is 16.5. The Morgan fingerprint density at radius 3 is 2.73 bits per heavy atom. The van der Waals surface area contributed by atoms with Crippen molar-refractivity contribution in [2.75, 3.05) is 26.1 Å². The Hall–Kier alpha value is -4.12. The minimum absolute atomic E-state index is 0.0677. The van der Waals surface area contributed by atoms with E-state index in [2.05, 4.69) is 15.3 Å². The van der Waals surface area contributed by atoms with E-state index in [1.807, 2.05) is 30.3 Å². The third kappa shape index (κ3) is 3.37. The van der Waals surface area contributed by atoms with E-state index in [4.69, 9.17) is 9.47 Å². The van der Waals surface area contributed by atoms with Gasteiger partial charge in [0.05, 0.1) is 31.4 Å². The minimum atomic E-state index is -0.399. The predicted molar refractivity (Wildman–Crippen MR) is 113 cm³/mol. The molecular weight excluding hydrogens is 382 g/mol. The van der Waals surface area contributed by atoms with Crippen LogP contribution in [0.3, 0.4) is 0 Å². The number of pyridine rings is 2. The third-order valence-electron chi connectivity index (χ3n) is 4.84. The molecule has 1 N–H and O–H groups in total. The van der Waals surface area contributed by atoms with Gasteiger partial charge in [0.2, 0.25) is 11.4 Å². The van der Waals surface area contributed by atoms with Crippen molar-refractivity contribution >= 4 is 22.5 Å². The van der Waals surface area contributed by atoms with E-state index in [9.17, 15) is 10.1 Å². The zero-order chi connectivity index (χ0) is 21.1. The van der Waals surface area contributed by atoms with Crippen LogP contribution in [0.5, 0.6) is 11.5 Å². The van der Waals surface area contributed by atoms with Crippen LogP contribution in [0.1, 0.15) is 11.1 Å². The number of methoxy groups -OCH3 is 2. The summed E-state index contributed by atoms with van der Waals surface area (Å²) in [7, 11) is 3.19. The van der Waals surface area contributed by atoms with Crippen molar-refractivity contribution in [2.24, 2.45) is 0 Å². The van der Waals surface area contributed by atoms with Gasteiger partial charge in [-0.05, 0) is 36.2 Å². The second-order valence-corrected chi connectivity index (χ2v) is 6.57. The lowest BCUT2D eigenvalue weighted by molar-refractivity contribution is 0.354. The second kappa shape index (κ2) is 8.09. The summed E-state index contributed by atoms with van der Waals surface area (Å²) in [4.78, 5) is 21.5. The molecule has 0 radical (unpaired) electrons. The lowest BCUT2D eigenvalue weighted by Crippen LogP contribution is -2.15. The van der Waals surface area contributed by atoms with Gasteiger partial charge in [0, 0.05) is 12.7 Å². The normalized spacial score (nSPS) is 10.7. The summed E-state index contributed by atoms with van der Waals surface area (Å²) < 4.78 is 12.3. The largest absolute Gasteiger partial charge is 0.493 e. The number of fused-ring (bicyclic) bond motifs is 3. The van der Waals surface area contributed by atoms with Crippen molar-refractivity contribution in [3.63, 3.8) is 0 Å². The number of anilines is 1. The van der Waals surface area contributed by atoms with Gasteiger partial charge < -0.3 is 19.2 Å². The number of rotatable bonds is 6. The number of hydrogen-bond acceptors (Lipinski definition) is 7. The SMILES string of the molecule is COc1ccc(CCNc2ncc3c(n2)c(=O)c(C#N)c2ccccn23)cc1OC. The lowest BCUT2D eigenvalue weighted by atomic mass is 10.1. The van der Waals surface area contributed by atoms with Gasteiger partial charge >= 0.3 is 0 Å². The molecule has 0 atom stereocenters. The minimum Gasteiger partial charge on any atom is -0.493 e. The van der Waals surface area contributed by atoms with Crippen molar-refractivity contribution in [3.8, 4) is 17.6 Å². The van der Waals surface area contributed by atoms with Crippen molar-refractivity contribution in [1.82, 2.24) is 14.4 Å². The molecule has 0 saturated carbocycles. The molecule has 0 unspecified atom stereocenters. The van der Waals surface area contributed by atoms with Gasteiger partial charge in [-0.15, -0.1) is 0 Å². The number of nitrogens with one attached hydrogen (secondary N) is 1. The van der Waals surface area contributed by atoms with Gasteiger partial charge in [-0.2, -0.15) is 5.26 Å². The summed E-state index contributed by atoms with van der Waals surface area (Å²) in [6.07, 6.45) is 4.07. The van der Waals surface area contributed by atoms with Crippen LogP contribution in [-0.2, 0) is 6.42 Å². The maximum Gasteiger partial charge on any atom is 0.226 e. The molecule has 3 aromatic heterocycles. The van der Waals surface area contributed by atoms with E-state index in [1.54, 1.807) is 43.1 Å². The van der Waals surface area contributed by atoms with Gasteiger partial charge in [-0.1, -0.05) is 12.1 Å². The highest BCUT2D eigenvalue weighted by Gasteiger charge is 2.14. The van der Waals surface area contributed by atoms with E-state index >= 15 is 0 Å². The van der Waals surface area contributed by atoms with E-state index in [-0.39, 0.29) is 11.1 Å². The van der Waals surface area contributed by atoms with E-state index in [1.165, 1.54) is 0 Å². The predicted octanol–water partition coefficient (Wildman–Crippen LogP) is 2.79. The number of aromatic nitrogens is 3. The van der Waals surface area contributed by atoms with E-state index < -0.39 is 5.43 Å². The van der Waals surface area contributed by atoms with Gasteiger partial charge in [-0.25, -0.2) is 9.97 Å². The molecule has 150 valence electrons. The second-order valence-electron chi connectivity index (χ2n) is 6.57. The van der Waals surface area contributed by atoms with Crippen LogP contribution in [0, 0.1) is 11.3 Å². The highest BCUT2D eigenvalue weighted by Crippen LogP contribution is 2.27. The molecule has 8 nitrogen and oxygen atoms in total. The monoisotopic (exact) mass is 401 g/mol. The first-order valence-electron chi connectivity index (χ1n) is 9.31. The Morgan fingerprint density at radius 1 is 1.13 bits per heavy atom. The topological polar surface area (TPSA) is 102 Å². The fraction of sp³-hybridized carbons (Fsp3) is 0.182. The number of nitriles is 1. The van der Waals surface area contributed by atoms with Crippen molar-refractivity contribution in [2.45, 2.75) is 6.42 Å². The van der Waals surface area contributed by atoms with Gasteiger partial charge in [0.15, 0.2) is 11.5 Å². The Kier molecular flexibility index (Phi) is 5.18. The zero-order valence-corrected chi connectivity index (χ0v) is 16.5. The summed E-state index contributed by atoms with van der Waals surface area (Å²) in [5, 5.41) is 12.6. The first-order valence-corrected chi connectivity index (χ1v) is 9.31. The van der Waals surface area contributed by atoms with Crippen LogP contribution in [0.15, 0.2) is 53.6 Å². The summed E-state index contributed by atoms with van der Waals surface area (Å²) in [5.74, 6) is 1.67. The number of hydrogen-bond donors (Lipinski definition) is 1. The van der Waals surface area contributed by atoms with Crippen molar-refractivity contribution in [1.29, 1.82) is 5.26 Å². The molecule has 30 heavy (non-hydrogen) atoms. The molecule has 4 aromatic rings. The summed E-state index contributed by atoms with van der Waals surface area (Å²) in [6, 6.07) is 13.1.